The summed E-state index contributed by atoms with van der Waals surface area (Å²) >= 11 is 0. The van der Waals surface area contributed by atoms with E-state index in [1.54, 1.807) is 7.11 Å². The third-order valence-corrected chi connectivity index (χ3v) is 2.50. The molecule has 4 nitrogen and oxygen atoms in total. The van der Waals surface area contributed by atoms with Gasteiger partial charge in [0.05, 0.1) is 18.8 Å². The highest BCUT2D eigenvalue weighted by Gasteiger charge is 2.41. The molecule has 1 aliphatic rings. The average molecular weight is 184 g/mol. The van der Waals surface area contributed by atoms with E-state index in [0.29, 0.717) is 19.8 Å². The number of nitrogens with zero attached hydrogens (tertiary/aromatic N) is 1. The number of methoxy groups -OCH3 is 1. The van der Waals surface area contributed by atoms with Gasteiger partial charge in [-0.25, -0.2) is 0 Å². The molecule has 1 fully saturated rings. The van der Waals surface area contributed by atoms with E-state index in [0.717, 1.165) is 6.42 Å². The van der Waals surface area contributed by atoms with Crippen LogP contribution in [0.15, 0.2) is 0 Å². The number of rotatable bonds is 4. The minimum absolute atomic E-state index is 0.0330. The molecule has 0 amide bonds. The second kappa shape index (κ2) is 4.56. The Hall–Kier alpha value is -0.630. The molecule has 2 atom stereocenters. The van der Waals surface area contributed by atoms with Gasteiger partial charge in [0.25, 0.3) is 0 Å². The van der Waals surface area contributed by atoms with E-state index in [9.17, 15) is 0 Å². The van der Waals surface area contributed by atoms with Crippen molar-refractivity contribution in [3.8, 4) is 6.07 Å². The molecule has 0 saturated carbocycles. The third kappa shape index (κ3) is 2.19. The van der Waals surface area contributed by atoms with Crippen molar-refractivity contribution in [1.82, 2.24) is 5.32 Å². The van der Waals surface area contributed by atoms with E-state index in [1.807, 2.05) is 6.92 Å². The van der Waals surface area contributed by atoms with Crippen LogP contribution in [0.25, 0.3) is 0 Å². The molecule has 1 aliphatic heterocycles. The maximum absolute atomic E-state index is 9.05. The van der Waals surface area contributed by atoms with E-state index < -0.39 is 5.54 Å². The highest BCUT2D eigenvalue weighted by molar-refractivity contribution is 5.13. The van der Waals surface area contributed by atoms with Crippen LogP contribution in [-0.4, -0.2) is 38.5 Å². The fourth-order valence-corrected chi connectivity index (χ4v) is 1.54. The van der Waals surface area contributed by atoms with Crippen LogP contribution in [0.5, 0.6) is 0 Å². The van der Waals surface area contributed by atoms with E-state index in [2.05, 4.69) is 11.4 Å². The standard InChI is InChI=1S/C9H16N2O2/c1-8-9(7-10,3-5-13-8)11-4-6-12-2/h8,11H,3-6H2,1-2H3. The Morgan fingerprint density at radius 3 is 3.00 bits per heavy atom. The molecule has 0 spiro atoms. The molecule has 0 bridgehead atoms. The summed E-state index contributed by atoms with van der Waals surface area (Å²) in [7, 11) is 1.65. The van der Waals surface area contributed by atoms with Crippen molar-refractivity contribution in [2.45, 2.75) is 25.0 Å². The lowest BCUT2D eigenvalue weighted by Crippen LogP contribution is -2.50. The maximum Gasteiger partial charge on any atom is 0.135 e. The Bertz CT molecular complexity index is 202. The first-order valence-electron chi connectivity index (χ1n) is 4.52. The SMILES string of the molecule is COCCNC1(C#N)CCOC1C. The van der Waals surface area contributed by atoms with Gasteiger partial charge in [0, 0.05) is 26.7 Å². The van der Waals surface area contributed by atoms with Crippen LogP contribution in [0.3, 0.4) is 0 Å². The summed E-state index contributed by atoms with van der Waals surface area (Å²) in [6.45, 7) is 3.90. The predicted octanol–water partition coefficient (Wildman–Crippen LogP) is 0.294. The van der Waals surface area contributed by atoms with E-state index in [4.69, 9.17) is 14.7 Å². The Labute approximate surface area is 78.8 Å². The fraction of sp³-hybridized carbons (Fsp3) is 0.889. The van der Waals surface area contributed by atoms with Crippen molar-refractivity contribution in [1.29, 1.82) is 5.26 Å². The lowest BCUT2D eigenvalue weighted by molar-refractivity contribution is 0.0953. The first-order chi connectivity index (χ1) is 6.25. The third-order valence-electron chi connectivity index (χ3n) is 2.50. The average Bonchev–Trinajstić information content (AvgIpc) is 2.49. The molecular formula is C9H16N2O2. The van der Waals surface area contributed by atoms with Gasteiger partial charge in [-0.15, -0.1) is 0 Å². The van der Waals surface area contributed by atoms with Crippen molar-refractivity contribution in [2.24, 2.45) is 0 Å². The molecule has 1 rings (SSSR count). The lowest BCUT2D eigenvalue weighted by atomic mass is 9.94. The largest absolute Gasteiger partial charge is 0.383 e. The van der Waals surface area contributed by atoms with Crippen LogP contribution < -0.4 is 5.32 Å². The Kier molecular flexibility index (Phi) is 3.67. The first-order valence-corrected chi connectivity index (χ1v) is 4.52. The highest BCUT2D eigenvalue weighted by Crippen LogP contribution is 2.24. The zero-order valence-corrected chi connectivity index (χ0v) is 8.17. The normalized spacial score (nSPS) is 33.2. The summed E-state index contributed by atoms with van der Waals surface area (Å²) in [6.07, 6.45) is 0.725. The van der Waals surface area contributed by atoms with Gasteiger partial charge in [0.2, 0.25) is 0 Å². The monoisotopic (exact) mass is 184 g/mol. The smallest absolute Gasteiger partial charge is 0.135 e. The van der Waals surface area contributed by atoms with Gasteiger partial charge in [-0.2, -0.15) is 5.26 Å². The number of nitriles is 1. The van der Waals surface area contributed by atoms with E-state index in [-0.39, 0.29) is 6.10 Å². The van der Waals surface area contributed by atoms with Crippen LogP contribution in [0.4, 0.5) is 0 Å². The topological polar surface area (TPSA) is 54.3 Å². The second-order valence-electron chi connectivity index (χ2n) is 3.27. The number of ether oxygens (including phenoxy) is 2. The van der Waals surface area contributed by atoms with Gasteiger partial charge >= 0.3 is 0 Å². The van der Waals surface area contributed by atoms with Gasteiger partial charge in [0.15, 0.2) is 0 Å². The molecule has 1 saturated heterocycles. The first kappa shape index (κ1) is 10.5. The minimum Gasteiger partial charge on any atom is -0.383 e. The molecule has 0 aliphatic carbocycles. The summed E-state index contributed by atoms with van der Waals surface area (Å²) in [5, 5.41) is 12.2. The summed E-state index contributed by atoms with van der Waals surface area (Å²) in [6, 6.07) is 2.29. The van der Waals surface area contributed by atoms with E-state index >= 15 is 0 Å². The number of hydrogen-bond donors (Lipinski definition) is 1. The Morgan fingerprint density at radius 1 is 1.77 bits per heavy atom. The van der Waals surface area contributed by atoms with Crippen LogP contribution in [0, 0.1) is 11.3 Å². The molecule has 1 heterocycles. The van der Waals surface area contributed by atoms with E-state index in [1.165, 1.54) is 0 Å². The molecule has 74 valence electrons. The summed E-state index contributed by atoms with van der Waals surface area (Å²) < 4.78 is 10.3. The summed E-state index contributed by atoms with van der Waals surface area (Å²) in [5.74, 6) is 0. The highest BCUT2D eigenvalue weighted by atomic mass is 16.5. The van der Waals surface area contributed by atoms with Crippen molar-refractivity contribution in [3.05, 3.63) is 0 Å². The van der Waals surface area contributed by atoms with Crippen LogP contribution >= 0.6 is 0 Å². The van der Waals surface area contributed by atoms with Crippen molar-refractivity contribution in [2.75, 3.05) is 26.9 Å². The summed E-state index contributed by atoms with van der Waals surface area (Å²) in [5.41, 5.74) is -0.501. The zero-order valence-electron chi connectivity index (χ0n) is 8.17. The van der Waals surface area contributed by atoms with Gasteiger partial charge in [-0.3, -0.25) is 5.32 Å². The molecule has 0 aromatic carbocycles. The van der Waals surface area contributed by atoms with Gasteiger partial charge in [0.1, 0.15) is 5.54 Å². The van der Waals surface area contributed by atoms with Gasteiger partial charge in [-0.05, 0) is 6.92 Å². The molecule has 0 aromatic rings. The lowest BCUT2D eigenvalue weighted by Gasteiger charge is -2.25. The Balaban J connectivity index is 2.46. The maximum atomic E-state index is 9.05. The van der Waals surface area contributed by atoms with Crippen LogP contribution in [-0.2, 0) is 9.47 Å². The van der Waals surface area contributed by atoms with Gasteiger partial charge in [-0.1, -0.05) is 0 Å². The summed E-state index contributed by atoms with van der Waals surface area (Å²) in [4.78, 5) is 0. The van der Waals surface area contributed by atoms with Crippen LogP contribution in [0.1, 0.15) is 13.3 Å². The molecule has 4 heteroatoms. The molecule has 0 aromatic heterocycles. The molecule has 0 radical (unpaired) electrons. The van der Waals surface area contributed by atoms with Crippen LogP contribution in [0.2, 0.25) is 0 Å². The molecule has 2 unspecified atom stereocenters. The predicted molar refractivity (Wildman–Crippen MR) is 48.3 cm³/mol. The van der Waals surface area contributed by atoms with Crippen molar-refractivity contribution < 1.29 is 9.47 Å². The fourth-order valence-electron chi connectivity index (χ4n) is 1.54. The second-order valence-corrected chi connectivity index (χ2v) is 3.27. The van der Waals surface area contributed by atoms with Crippen molar-refractivity contribution in [3.63, 3.8) is 0 Å². The molecule has 1 N–H and O–H groups in total. The number of nitrogens with one attached hydrogen (secondary N) is 1. The molecule has 13 heavy (non-hydrogen) atoms. The minimum atomic E-state index is -0.501. The Morgan fingerprint density at radius 2 is 2.54 bits per heavy atom. The quantitative estimate of drug-likeness (QED) is 0.638. The van der Waals surface area contributed by atoms with Gasteiger partial charge < -0.3 is 9.47 Å². The molecular weight excluding hydrogens is 168 g/mol. The number of hydrogen-bond acceptors (Lipinski definition) is 4. The van der Waals surface area contributed by atoms with Crippen molar-refractivity contribution >= 4 is 0 Å². The zero-order chi connectivity index (χ0) is 9.73.